The van der Waals surface area contributed by atoms with Crippen LogP contribution in [0.3, 0.4) is 0 Å². The average Bonchev–Trinajstić information content (AvgIpc) is 4.15. The number of hydrogen-bond donors (Lipinski definition) is 0. The van der Waals surface area contributed by atoms with Gasteiger partial charge in [-0.2, -0.15) is 0 Å². The Morgan fingerprint density at radius 3 is 0.744 bits per heavy atom. The van der Waals surface area contributed by atoms with Crippen molar-refractivity contribution in [2.75, 3.05) is 105 Å². The molecule has 0 amide bonds. The van der Waals surface area contributed by atoms with Crippen molar-refractivity contribution in [3.63, 3.8) is 0 Å². The summed E-state index contributed by atoms with van der Waals surface area (Å²) in [6, 6.07) is 13.1. The van der Waals surface area contributed by atoms with E-state index in [0.717, 1.165) is 111 Å². The fraction of sp³-hybridized carbons (Fsp3) is 1.00. The summed E-state index contributed by atoms with van der Waals surface area (Å²) < 4.78 is 11.4. The molecule has 10 aliphatic rings. The van der Waals surface area contributed by atoms with E-state index in [2.05, 4.69) is 229 Å². The number of fused-ring (bicyclic) bond motifs is 7. The van der Waals surface area contributed by atoms with E-state index in [1.807, 2.05) is 13.8 Å². The van der Waals surface area contributed by atoms with Crippen LogP contribution in [0.4, 0.5) is 0 Å². The van der Waals surface area contributed by atoms with E-state index in [0.29, 0.717) is 48.3 Å². The van der Waals surface area contributed by atoms with Gasteiger partial charge in [0.15, 0.2) is 0 Å². The third-order valence-corrected chi connectivity index (χ3v) is 18.9. The number of nitrogens with zero attached hydrogens (tertiary/aromatic N) is 10. The SMILES string of the molecule is CC.CC(C)C.CC(C)C.CC(C)N1CC2COCC(C1)N2C(C)C.CC(C)N1CC2COCC(C1)N2C(C)C.CC(C)N1CCC2C(C1)CN2C(C)C.CC(C)N1CCC2C(C1)CN2C(C)C.CC(C)N1CCN(C(C)C)C2CC21.[B]. The topological polar surface area (TPSA) is 50.9 Å². The monoisotopic (exact) mass is 1160 g/mol. The number of ether oxygens (including phenoxy) is 2. The minimum Gasteiger partial charge on any atom is -0.378 e. The molecule has 0 aromatic heterocycles. The van der Waals surface area contributed by atoms with Gasteiger partial charge in [-0.25, -0.2) is 0 Å². The first-order valence-corrected chi connectivity index (χ1v) is 34.6. The van der Waals surface area contributed by atoms with Crippen LogP contribution < -0.4 is 0 Å². The molecule has 10 unspecified atom stereocenters. The molecule has 0 aromatic rings. The van der Waals surface area contributed by atoms with Gasteiger partial charge < -0.3 is 19.3 Å². The minimum atomic E-state index is 0. The molecule has 10 rings (SSSR count). The molecule has 0 aromatic carbocycles. The van der Waals surface area contributed by atoms with Crippen molar-refractivity contribution in [1.82, 2.24) is 49.0 Å². The molecular formula is C69H144BN10O2. The molecule has 9 aliphatic heterocycles. The smallest absolute Gasteiger partial charge is 0.0635 e. The number of morpholine rings is 2. The molecule has 1 aliphatic carbocycles. The van der Waals surface area contributed by atoms with Crippen molar-refractivity contribution in [3.8, 4) is 0 Å². The first-order chi connectivity index (χ1) is 37.9. The van der Waals surface area contributed by atoms with E-state index >= 15 is 0 Å². The van der Waals surface area contributed by atoms with Gasteiger partial charge in [0.25, 0.3) is 0 Å². The van der Waals surface area contributed by atoms with Crippen molar-refractivity contribution in [3.05, 3.63) is 0 Å². The van der Waals surface area contributed by atoms with Gasteiger partial charge in [-0.1, -0.05) is 55.4 Å². The highest BCUT2D eigenvalue weighted by Gasteiger charge is 2.50. The second kappa shape index (κ2) is 37.6. The van der Waals surface area contributed by atoms with Crippen LogP contribution in [0.1, 0.15) is 213 Å². The van der Waals surface area contributed by atoms with Crippen molar-refractivity contribution in [2.45, 2.75) is 322 Å². The Balaban J connectivity index is 0.000000335. The summed E-state index contributed by atoms with van der Waals surface area (Å²) in [5.74, 6) is 3.60. The highest BCUT2D eigenvalue weighted by atomic mass is 16.5. The number of rotatable bonds is 10. The second-order valence-electron chi connectivity index (χ2n) is 30.4. The van der Waals surface area contributed by atoms with Crippen LogP contribution in [0, 0.1) is 23.7 Å². The maximum absolute atomic E-state index is 5.68. The van der Waals surface area contributed by atoms with Crippen LogP contribution in [0.2, 0.25) is 0 Å². The van der Waals surface area contributed by atoms with Crippen molar-refractivity contribution in [1.29, 1.82) is 0 Å². The quantitative estimate of drug-likeness (QED) is 0.196. The second-order valence-corrected chi connectivity index (χ2v) is 30.4. The highest BCUT2D eigenvalue weighted by molar-refractivity contribution is 5.75. The normalized spacial score (nSPS) is 30.9. The van der Waals surface area contributed by atoms with Gasteiger partial charge in [-0.15, -0.1) is 0 Å². The lowest BCUT2D eigenvalue weighted by Gasteiger charge is -2.56. The molecule has 82 heavy (non-hydrogen) atoms. The Morgan fingerprint density at radius 2 is 0.537 bits per heavy atom. The summed E-state index contributed by atoms with van der Waals surface area (Å²) in [5, 5.41) is 0. The lowest BCUT2D eigenvalue weighted by molar-refractivity contribution is -0.115. The van der Waals surface area contributed by atoms with Crippen molar-refractivity contribution >= 4 is 8.41 Å². The van der Waals surface area contributed by atoms with Gasteiger partial charge in [-0.3, -0.25) is 39.2 Å². The molecule has 10 fully saturated rings. The molecule has 10 atom stereocenters. The van der Waals surface area contributed by atoms with Crippen molar-refractivity contribution < 1.29 is 9.47 Å². The summed E-state index contributed by atoms with van der Waals surface area (Å²) in [6.07, 6.45) is 4.19. The summed E-state index contributed by atoms with van der Waals surface area (Å²) in [7, 11) is 0. The largest absolute Gasteiger partial charge is 0.378 e. The first kappa shape index (κ1) is 77.7. The van der Waals surface area contributed by atoms with E-state index in [9.17, 15) is 0 Å². The number of hydrogen-bond acceptors (Lipinski definition) is 12. The maximum Gasteiger partial charge on any atom is 0.0635 e. The van der Waals surface area contributed by atoms with Crippen LogP contribution in [-0.2, 0) is 9.47 Å². The van der Waals surface area contributed by atoms with Gasteiger partial charge in [0.1, 0.15) is 0 Å². The fourth-order valence-corrected chi connectivity index (χ4v) is 14.7. The minimum absolute atomic E-state index is 0. The fourth-order valence-electron chi connectivity index (χ4n) is 14.7. The number of piperazine rings is 3. The predicted octanol–water partition coefficient (Wildman–Crippen LogP) is 11.5. The molecule has 9 heterocycles. The number of piperidine rings is 2. The molecule has 4 bridgehead atoms. The third-order valence-electron chi connectivity index (χ3n) is 18.9. The van der Waals surface area contributed by atoms with Crippen LogP contribution in [0.15, 0.2) is 0 Å². The molecule has 0 N–H and O–H groups in total. The molecule has 485 valence electrons. The lowest BCUT2D eigenvalue weighted by atomic mass is 9.81. The number of likely N-dealkylation sites (tertiary alicyclic amines) is 4. The molecule has 1 saturated carbocycles. The van der Waals surface area contributed by atoms with Gasteiger partial charge in [0, 0.05) is 183 Å². The summed E-state index contributed by atoms with van der Waals surface area (Å²) in [4.78, 5) is 26.5. The van der Waals surface area contributed by atoms with E-state index in [-0.39, 0.29) is 8.41 Å². The predicted molar refractivity (Wildman–Crippen MR) is 359 cm³/mol. The third kappa shape index (κ3) is 23.5. The highest BCUT2D eigenvalue weighted by Crippen LogP contribution is 2.39. The Morgan fingerprint density at radius 1 is 0.280 bits per heavy atom. The molecule has 13 heteroatoms. The summed E-state index contributed by atoms with van der Waals surface area (Å²) in [6.45, 7) is 82.1. The zero-order valence-electron chi connectivity index (χ0n) is 60.0. The van der Waals surface area contributed by atoms with E-state index in [1.165, 1.54) is 97.8 Å². The van der Waals surface area contributed by atoms with Gasteiger partial charge in [-0.05, 0) is 194 Å². The Labute approximate surface area is 515 Å². The van der Waals surface area contributed by atoms with Crippen molar-refractivity contribution in [2.24, 2.45) is 23.7 Å². The first-order valence-electron chi connectivity index (χ1n) is 34.6. The van der Waals surface area contributed by atoms with Gasteiger partial charge >= 0.3 is 0 Å². The van der Waals surface area contributed by atoms with Crippen LogP contribution in [0.5, 0.6) is 0 Å². The van der Waals surface area contributed by atoms with Crippen LogP contribution in [-0.4, -0.2) is 271 Å². The average molecular weight is 1160 g/mol. The Kier molecular flexibility index (Phi) is 35.6. The van der Waals surface area contributed by atoms with Gasteiger partial charge in [0.2, 0.25) is 0 Å². The zero-order chi connectivity index (χ0) is 61.3. The molecule has 12 nitrogen and oxygen atoms in total. The molecule has 3 radical (unpaired) electrons. The Hall–Kier alpha value is -0.415. The Bertz CT molecular complexity index is 1480. The maximum atomic E-state index is 5.68. The van der Waals surface area contributed by atoms with E-state index < -0.39 is 0 Å². The zero-order valence-corrected chi connectivity index (χ0v) is 60.0. The molecule has 0 spiro atoms. The lowest BCUT2D eigenvalue weighted by Crippen LogP contribution is -2.67. The standard InChI is InChI=1S/2C12H24N2O.2C12H24N2.C11H22N2.2C4H10.C2H6.B/c2*1-9(2)13-5-11-7-15-8-12(6-13)14(11)10(3)4;2*1-9(2)13-6-5-12-11(7-13)8-14(12)10(3)4;1-8(2)12-5-6-13(9(3)4)11-7-10(11)12;2*1-4(2)3;1-2;/h2*9-12H,5-8H2,1-4H3;2*9-12H,5-8H2,1-4H3;8-11H,5-7H2,1-4H3;2*4H,1-3H3;1-2H3;. The molecule has 9 saturated heterocycles. The van der Waals surface area contributed by atoms with E-state index in [4.69, 9.17) is 9.47 Å². The van der Waals surface area contributed by atoms with Crippen LogP contribution >= 0.6 is 0 Å². The van der Waals surface area contributed by atoms with E-state index in [1.54, 1.807) is 0 Å². The van der Waals surface area contributed by atoms with Gasteiger partial charge in [0.05, 0.1) is 26.4 Å². The molecular weight excluding hydrogens is 1010 g/mol. The summed E-state index contributed by atoms with van der Waals surface area (Å²) in [5.41, 5.74) is 0. The van der Waals surface area contributed by atoms with Crippen LogP contribution in [0.25, 0.3) is 0 Å². The summed E-state index contributed by atoms with van der Waals surface area (Å²) >= 11 is 0.